The molecule has 2 nitrogen and oxygen atoms in total. The lowest BCUT2D eigenvalue weighted by atomic mass is 10.2. The average molecular weight is 202 g/mol. The Morgan fingerprint density at radius 3 is 2.15 bits per heavy atom. The molecule has 0 spiro atoms. The summed E-state index contributed by atoms with van der Waals surface area (Å²) in [5, 5.41) is 0.304. The molecule has 1 rings (SSSR count). The average Bonchev–Trinajstić information content (AvgIpc) is 2.63. The minimum absolute atomic E-state index is 0.0372. The van der Waals surface area contributed by atoms with Crippen molar-refractivity contribution in [2.24, 2.45) is 0 Å². The maximum absolute atomic E-state index is 6.03. The summed E-state index contributed by atoms with van der Waals surface area (Å²) in [4.78, 5) is 0. The summed E-state index contributed by atoms with van der Waals surface area (Å²) in [6.07, 6.45) is 0. The van der Waals surface area contributed by atoms with Crippen LogP contribution in [-0.2, 0) is 9.16 Å². The summed E-state index contributed by atoms with van der Waals surface area (Å²) in [6, 6.07) is 0. The Balaban J connectivity index is 2.42. The van der Waals surface area contributed by atoms with Gasteiger partial charge in [0, 0.05) is 0 Å². The van der Waals surface area contributed by atoms with Gasteiger partial charge in [-0.1, -0.05) is 20.8 Å². The minimum Gasteiger partial charge on any atom is -0.414 e. The van der Waals surface area contributed by atoms with Gasteiger partial charge in [-0.25, -0.2) is 0 Å². The van der Waals surface area contributed by atoms with Crippen molar-refractivity contribution >= 4 is 8.32 Å². The third kappa shape index (κ3) is 2.79. The van der Waals surface area contributed by atoms with Gasteiger partial charge in [-0.15, -0.1) is 0 Å². The highest BCUT2D eigenvalue weighted by Crippen LogP contribution is 2.38. The number of hydrogen-bond donors (Lipinski definition) is 0. The van der Waals surface area contributed by atoms with Crippen molar-refractivity contribution in [2.75, 3.05) is 13.2 Å². The van der Waals surface area contributed by atoms with Crippen LogP contribution < -0.4 is 0 Å². The van der Waals surface area contributed by atoms with Gasteiger partial charge in [0.1, 0.15) is 5.60 Å². The first-order valence-corrected chi connectivity index (χ1v) is 7.85. The summed E-state index contributed by atoms with van der Waals surface area (Å²) in [5.74, 6) is 0. The fourth-order valence-electron chi connectivity index (χ4n) is 0.756. The van der Waals surface area contributed by atoms with Crippen LogP contribution in [0.2, 0.25) is 18.1 Å². The second kappa shape index (κ2) is 3.07. The van der Waals surface area contributed by atoms with Crippen molar-refractivity contribution in [2.45, 2.75) is 51.4 Å². The Labute approximate surface area is 82.7 Å². The second-order valence-corrected chi connectivity index (χ2v) is 10.6. The number of epoxide rings is 1. The second-order valence-electron chi connectivity index (χ2n) is 5.79. The SMILES string of the molecule is CC1(CO[Si](C)(C)C(C)(C)C)CO1. The van der Waals surface area contributed by atoms with E-state index in [-0.39, 0.29) is 5.60 Å². The third-order valence-corrected chi connectivity index (χ3v) is 7.66. The van der Waals surface area contributed by atoms with E-state index in [2.05, 4.69) is 40.8 Å². The highest BCUT2D eigenvalue weighted by Gasteiger charge is 2.44. The molecule has 1 heterocycles. The zero-order chi connectivity index (χ0) is 10.3. The highest BCUT2D eigenvalue weighted by molar-refractivity contribution is 6.74. The van der Waals surface area contributed by atoms with Crippen LogP contribution in [0.1, 0.15) is 27.7 Å². The molecule has 0 radical (unpaired) electrons. The summed E-state index contributed by atoms with van der Waals surface area (Å²) in [7, 11) is -1.55. The van der Waals surface area contributed by atoms with Gasteiger partial charge in [0.15, 0.2) is 8.32 Å². The lowest BCUT2D eigenvalue weighted by molar-refractivity contribution is 0.188. The van der Waals surface area contributed by atoms with Crippen LogP contribution in [-0.4, -0.2) is 27.1 Å². The van der Waals surface area contributed by atoms with Crippen LogP contribution in [0.5, 0.6) is 0 Å². The van der Waals surface area contributed by atoms with Gasteiger partial charge in [0.2, 0.25) is 0 Å². The zero-order valence-electron chi connectivity index (χ0n) is 9.73. The van der Waals surface area contributed by atoms with Crippen molar-refractivity contribution < 1.29 is 9.16 Å². The van der Waals surface area contributed by atoms with E-state index in [9.17, 15) is 0 Å². The third-order valence-electron chi connectivity index (χ3n) is 3.18. The normalized spacial score (nSPS) is 29.1. The fourth-order valence-corrected chi connectivity index (χ4v) is 1.86. The molecule has 1 atom stereocenters. The van der Waals surface area contributed by atoms with Crippen molar-refractivity contribution in [1.29, 1.82) is 0 Å². The number of rotatable bonds is 3. The molecule has 0 N–H and O–H groups in total. The van der Waals surface area contributed by atoms with E-state index >= 15 is 0 Å². The summed E-state index contributed by atoms with van der Waals surface area (Å²) in [6.45, 7) is 15.1. The molecule has 13 heavy (non-hydrogen) atoms. The minimum atomic E-state index is -1.55. The summed E-state index contributed by atoms with van der Waals surface area (Å²) >= 11 is 0. The summed E-state index contributed by atoms with van der Waals surface area (Å²) < 4.78 is 11.3. The Bertz CT molecular complexity index is 190. The molecule has 0 aromatic carbocycles. The molecular formula is C10H22O2Si. The van der Waals surface area contributed by atoms with Crippen molar-refractivity contribution in [1.82, 2.24) is 0 Å². The van der Waals surface area contributed by atoms with E-state index in [1.807, 2.05) is 0 Å². The molecule has 0 saturated carbocycles. The van der Waals surface area contributed by atoms with Gasteiger partial charge in [-0.3, -0.25) is 0 Å². The topological polar surface area (TPSA) is 21.8 Å². The smallest absolute Gasteiger partial charge is 0.192 e. The molecular weight excluding hydrogens is 180 g/mol. The molecule has 1 fully saturated rings. The molecule has 0 amide bonds. The highest BCUT2D eigenvalue weighted by atomic mass is 28.4. The molecule has 1 aliphatic rings. The van der Waals surface area contributed by atoms with E-state index in [0.717, 1.165) is 13.2 Å². The molecule has 0 aromatic heterocycles. The van der Waals surface area contributed by atoms with Gasteiger partial charge in [0.05, 0.1) is 13.2 Å². The first-order chi connectivity index (χ1) is 5.66. The predicted octanol–water partition coefficient (Wildman–Crippen LogP) is 2.80. The van der Waals surface area contributed by atoms with E-state index < -0.39 is 8.32 Å². The van der Waals surface area contributed by atoms with E-state index in [0.29, 0.717) is 5.04 Å². The largest absolute Gasteiger partial charge is 0.414 e. The monoisotopic (exact) mass is 202 g/mol. The Hall–Kier alpha value is 0.137. The molecule has 0 aliphatic carbocycles. The molecule has 78 valence electrons. The van der Waals surface area contributed by atoms with Gasteiger partial charge in [-0.05, 0) is 25.1 Å². The van der Waals surface area contributed by atoms with E-state index in [4.69, 9.17) is 9.16 Å². The molecule has 1 saturated heterocycles. The predicted molar refractivity (Wildman–Crippen MR) is 57.5 cm³/mol. The molecule has 1 unspecified atom stereocenters. The molecule has 1 aliphatic heterocycles. The lowest BCUT2D eigenvalue weighted by Gasteiger charge is -2.36. The molecule has 0 bridgehead atoms. The van der Waals surface area contributed by atoms with Crippen LogP contribution in [0.15, 0.2) is 0 Å². The van der Waals surface area contributed by atoms with Gasteiger partial charge >= 0.3 is 0 Å². The van der Waals surface area contributed by atoms with Crippen LogP contribution in [0.25, 0.3) is 0 Å². The van der Waals surface area contributed by atoms with Crippen LogP contribution in [0, 0.1) is 0 Å². The Morgan fingerprint density at radius 1 is 1.38 bits per heavy atom. The van der Waals surface area contributed by atoms with Gasteiger partial charge in [0.25, 0.3) is 0 Å². The quantitative estimate of drug-likeness (QED) is 0.518. The van der Waals surface area contributed by atoms with Crippen molar-refractivity contribution in [3.8, 4) is 0 Å². The first kappa shape index (κ1) is 11.2. The Kier molecular flexibility index (Phi) is 2.65. The lowest BCUT2D eigenvalue weighted by Crippen LogP contribution is -2.42. The number of hydrogen-bond acceptors (Lipinski definition) is 2. The van der Waals surface area contributed by atoms with Gasteiger partial charge in [-0.2, -0.15) is 0 Å². The summed E-state index contributed by atoms with van der Waals surface area (Å²) in [5.41, 5.74) is 0.0372. The molecule has 0 aromatic rings. The van der Waals surface area contributed by atoms with Crippen LogP contribution in [0.3, 0.4) is 0 Å². The van der Waals surface area contributed by atoms with Gasteiger partial charge < -0.3 is 9.16 Å². The van der Waals surface area contributed by atoms with Crippen molar-refractivity contribution in [3.63, 3.8) is 0 Å². The maximum atomic E-state index is 6.03. The fraction of sp³-hybridized carbons (Fsp3) is 1.00. The maximum Gasteiger partial charge on any atom is 0.192 e. The van der Waals surface area contributed by atoms with Crippen LogP contribution in [0.4, 0.5) is 0 Å². The molecule has 3 heteroatoms. The Morgan fingerprint density at radius 2 is 1.85 bits per heavy atom. The van der Waals surface area contributed by atoms with Crippen LogP contribution >= 0.6 is 0 Å². The van der Waals surface area contributed by atoms with E-state index in [1.165, 1.54) is 0 Å². The zero-order valence-corrected chi connectivity index (χ0v) is 10.7. The van der Waals surface area contributed by atoms with Crippen molar-refractivity contribution in [3.05, 3.63) is 0 Å². The first-order valence-electron chi connectivity index (χ1n) is 4.94. The van der Waals surface area contributed by atoms with E-state index in [1.54, 1.807) is 0 Å². The number of ether oxygens (including phenoxy) is 1. The standard InChI is InChI=1S/C10H22O2Si/c1-9(2,3)13(5,6)12-8-10(4)7-11-10/h7-8H2,1-6H3.